The zero-order valence-corrected chi connectivity index (χ0v) is 17.6. The van der Waals surface area contributed by atoms with Crippen molar-refractivity contribution in [2.75, 3.05) is 25.5 Å². The van der Waals surface area contributed by atoms with Crippen LogP contribution in [0.3, 0.4) is 0 Å². The van der Waals surface area contributed by atoms with Crippen LogP contribution in [0.4, 0.5) is 5.95 Å². The molecule has 9 nitrogen and oxygen atoms in total. The van der Waals surface area contributed by atoms with E-state index in [1.54, 1.807) is 54.5 Å². The molecule has 0 spiro atoms. The summed E-state index contributed by atoms with van der Waals surface area (Å²) in [5, 5.41) is 10.4. The normalized spacial score (nSPS) is 13.1. The molecule has 31 heavy (non-hydrogen) atoms. The van der Waals surface area contributed by atoms with E-state index in [1.165, 1.54) is 6.21 Å². The number of fused-ring (bicyclic) bond motifs is 1. The van der Waals surface area contributed by atoms with Gasteiger partial charge >= 0.3 is 0 Å². The Kier molecular flexibility index (Phi) is 5.48. The predicted octanol–water partition coefficient (Wildman–Crippen LogP) is 2.46. The molecule has 0 atom stereocenters. The first-order valence-electron chi connectivity index (χ1n) is 9.83. The number of likely N-dealkylation sites (N-methyl/N-ethyl adjacent to an activating group) is 1. The third kappa shape index (κ3) is 3.89. The second-order valence-electron chi connectivity index (χ2n) is 7.14. The predicted molar refractivity (Wildman–Crippen MR) is 120 cm³/mol. The number of pyridine rings is 2. The lowest BCUT2D eigenvalue weighted by Gasteiger charge is -2.12. The molecule has 3 aromatic rings. The molecule has 0 amide bonds. The number of ether oxygens (including phenoxy) is 1. The summed E-state index contributed by atoms with van der Waals surface area (Å²) in [7, 11) is 3.69. The second kappa shape index (κ2) is 8.39. The Morgan fingerprint density at radius 1 is 1.26 bits per heavy atom. The molecule has 158 valence electrons. The number of allylic oxidation sites excluding steroid dienone is 1. The van der Waals surface area contributed by atoms with Crippen molar-refractivity contribution in [1.82, 2.24) is 24.8 Å². The molecule has 9 heteroatoms. The highest BCUT2D eigenvalue weighted by Crippen LogP contribution is 2.27. The van der Waals surface area contributed by atoms with Crippen LogP contribution in [0.25, 0.3) is 16.8 Å². The van der Waals surface area contributed by atoms with Gasteiger partial charge in [0.25, 0.3) is 5.56 Å². The third-order valence-electron chi connectivity index (χ3n) is 5.05. The van der Waals surface area contributed by atoms with Gasteiger partial charge in [0.2, 0.25) is 5.95 Å². The first-order chi connectivity index (χ1) is 15.0. The van der Waals surface area contributed by atoms with E-state index >= 15 is 0 Å². The van der Waals surface area contributed by atoms with Gasteiger partial charge < -0.3 is 20.4 Å². The monoisotopic (exact) mass is 417 g/mol. The minimum atomic E-state index is -0.0933. The Morgan fingerprint density at radius 3 is 2.84 bits per heavy atom. The molecule has 0 aliphatic carbocycles. The molecule has 0 radical (unpaired) electrons. The minimum Gasteiger partial charge on any atom is -0.455 e. The quantitative estimate of drug-likeness (QED) is 0.593. The van der Waals surface area contributed by atoms with Crippen LogP contribution in [0.5, 0.6) is 11.5 Å². The van der Waals surface area contributed by atoms with E-state index in [1.807, 2.05) is 18.9 Å². The lowest BCUT2D eigenvalue weighted by Crippen LogP contribution is -2.21. The van der Waals surface area contributed by atoms with Crippen LogP contribution < -0.4 is 20.5 Å². The number of nitrogens with one attached hydrogen (secondary N) is 2. The van der Waals surface area contributed by atoms with Crippen molar-refractivity contribution in [1.29, 1.82) is 5.41 Å². The molecule has 0 saturated heterocycles. The van der Waals surface area contributed by atoms with E-state index in [0.717, 1.165) is 6.54 Å². The van der Waals surface area contributed by atoms with Crippen LogP contribution in [-0.4, -0.2) is 46.4 Å². The molecule has 2 N–H and O–H groups in total. The first-order valence-corrected chi connectivity index (χ1v) is 9.83. The second-order valence-corrected chi connectivity index (χ2v) is 7.14. The Labute approximate surface area is 179 Å². The standard InChI is InChI=1S/C22H23N7O2/c1-14-20(31-16-6-7-25-19(10-16)15(11-23)12-24-2)5-4-18(27-14)17-13-26-22-28(3)8-9-29(22)21(17)30/h4-7,10-13,23-24H,8-9H2,1-3H3/b15-12+,23-11?. The maximum absolute atomic E-state index is 12.9. The van der Waals surface area contributed by atoms with Gasteiger partial charge in [-0.05, 0) is 25.1 Å². The third-order valence-corrected chi connectivity index (χ3v) is 5.05. The summed E-state index contributed by atoms with van der Waals surface area (Å²) in [6, 6.07) is 7.06. The van der Waals surface area contributed by atoms with Gasteiger partial charge in [0.15, 0.2) is 0 Å². The molecule has 0 fully saturated rings. The maximum atomic E-state index is 12.9. The fourth-order valence-corrected chi connectivity index (χ4v) is 3.43. The fraction of sp³-hybridized carbons (Fsp3) is 0.227. The van der Waals surface area contributed by atoms with Gasteiger partial charge in [0, 0.05) is 63.6 Å². The van der Waals surface area contributed by atoms with E-state index < -0.39 is 0 Å². The van der Waals surface area contributed by atoms with Gasteiger partial charge in [0.1, 0.15) is 11.5 Å². The summed E-state index contributed by atoms with van der Waals surface area (Å²) in [6.45, 7) is 3.22. The van der Waals surface area contributed by atoms with Crippen molar-refractivity contribution in [2.24, 2.45) is 0 Å². The van der Waals surface area contributed by atoms with Gasteiger partial charge in [-0.3, -0.25) is 14.3 Å². The number of hydrogen-bond donors (Lipinski definition) is 2. The average molecular weight is 417 g/mol. The number of anilines is 1. The summed E-state index contributed by atoms with van der Waals surface area (Å²) >= 11 is 0. The first kappa shape index (κ1) is 20.3. The molecule has 0 unspecified atom stereocenters. The van der Waals surface area contributed by atoms with Crippen LogP contribution in [0.1, 0.15) is 11.4 Å². The van der Waals surface area contributed by atoms with E-state index in [2.05, 4.69) is 20.3 Å². The van der Waals surface area contributed by atoms with Crippen molar-refractivity contribution in [3.8, 4) is 22.8 Å². The molecule has 0 bridgehead atoms. The van der Waals surface area contributed by atoms with Crippen LogP contribution >= 0.6 is 0 Å². The van der Waals surface area contributed by atoms with E-state index in [4.69, 9.17) is 10.1 Å². The Hall–Kier alpha value is -4.01. The largest absolute Gasteiger partial charge is 0.455 e. The lowest BCUT2D eigenvalue weighted by molar-refractivity contribution is 0.475. The average Bonchev–Trinajstić information content (AvgIpc) is 3.15. The van der Waals surface area contributed by atoms with Gasteiger partial charge in [0.05, 0.1) is 22.6 Å². The van der Waals surface area contributed by atoms with Gasteiger partial charge in [-0.1, -0.05) is 0 Å². The molecular weight excluding hydrogens is 394 g/mol. The molecule has 4 heterocycles. The summed E-state index contributed by atoms with van der Waals surface area (Å²) < 4.78 is 7.68. The van der Waals surface area contributed by atoms with Crippen molar-refractivity contribution < 1.29 is 4.74 Å². The highest BCUT2D eigenvalue weighted by atomic mass is 16.5. The number of aromatic nitrogens is 4. The van der Waals surface area contributed by atoms with Crippen molar-refractivity contribution in [3.05, 3.63) is 64.6 Å². The smallest absolute Gasteiger partial charge is 0.264 e. The van der Waals surface area contributed by atoms with E-state index in [-0.39, 0.29) is 5.56 Å². The highest BCUT2D eigenvalue weighted by molar-refractivity contribution is 6.07. The van der Waals surface area contributed by atoms with Crippen molar-refractivity contribution in [3.63, 3.8) is 0 Å². The molecule has 0 saturated carbocycles. The van der Waals surface area contributed by atoms with Crippen LogP contribution in [-0.2, 0) is 6.54 Å². The summed E-state index contributed by atoms with van der Waals surface area (Å²) in [6.07, 6.45) is 6.14. The highest BCUT2D eigenvalue weighted by Gasteiger charge is 2.21. The van der Waals surface area contributed by atoms with Gasteiger partial charge in [-0.2, -0.15) is 0 Å². The van der Waals surface area contributed by atoms with Crippen molar-refractivity contribution in [2.45, 2.75) is 13.5 Å². The molecular formula is C22H23N7O2. The Bertz CT molecular complexity index is 1230. The zero-order valence-electron chi connectivity index (χ0n) is 17.6. The minimum absolute atomic E-state index is 0.0933. The zero-order chi connectivity index (χ0) is 22.0. The number of nitrogens with zero attached hydrogens (tertiary/aromatic N) is 5. The van der Waals surface area contributed by atoms with Gasteiger partial charge in [-0.15, -0.1) is 0 Å². The van der Waals surface area contributed by atoms with Gasteiger partial charge in [-0.25, -0.2) is 9.97 Å². The van der Waals surface area contributed by atoms with Crippen LogP contribution in [0.15, 0.2) is 47.7 Å². The molecule has 4 rings (SSSR count). The Morgan fingerprint density at radius 2 is 2.10 bits per heavy atom. The molecule has 1 aliphatic heterocycles. The number of aryl methyl sites for hydroxylation is 1. The summed E-state index contributed by atoms with van der Waals surface area (Å²) in [5.74, 6) is 1.83. The maximum Gasteiger partial charge on any atom is 0.264 e. The van der Waals surface area contributed by atoms with E-state index in [9.17, 15) is 4.79 Å². The SMILES string of the molecule is CN/C=C(\C=N)c1cc(Oc2ccc(-c3cnc4n(c3=O)CCN4C)nc2C)ccn1. The van der Waals surface area contributed by atoms with Crippen LogP contribution in [0, 0.1) is 12.3 Å². The number of hydrogen-bond acceptors (Lipinski definition) is 8. The molecule has 0 aromatic carbocycles. The van der Waals surface area contributed by atoms with Crippen LogP contribution in [0.2, 0.25) is 0 Å². The summed E-state index contributed by atoms with van der Waals surface area (Å²) in [5.41, 5.74) is 2.83. The molecule has 1 aliphatic rings. The van der Waals surface area contributed by atoms with Crippen molar-refractivity contribution >= 4 is 17.7 Å². The Balaban J connectivity index is 1.62. The fourth-order valence-electron chi connectivity index (χ4n) is 3.43. The lowest BCUT2D eigenvalue weighted by atomic mass is 10.2. The molecule has 3 aromatic heterocycles. The van der Waals surface area contributed by atoms with E-state index in [0.29, 0.717) is 52.2 Å². The number of rotatable bonds is 6. The summed E-state index contributed by atoms with van der Waals surface area (Å²) in [4.78, 5) is 28.1. The topological polar surface area (TPSA) is 109 Å².